The van der Waals surface area contributed by atoms with E-state index in [1.165, 1.54) is 5.56 Å². The zero-order valence-corrected chi connectivity index (χ0v) is 13.4. The molecule has 2 fully saturated rings. The second-order valence-electron chi connectivity index (χ2n) is 6.78. The number of carbonyl (C=O) groups is 1. The molecule has 1 saturated carbocycles. The molecule has 0 atom stereocenters. The molecule has 4 heteroatoms. The monoisotopic (exact) mass is 302 g/mol. The molecule has 1 aliphatic heterocycles. The number of nitrogens with zero attached hydrogens (tertiary/aromatic N) is 1. The summed E-state index contributed by atoms with van der Waals surface area (Å²) in [7, 11) is 0. The molecule has 1 aliphatic carbocycles. The van der Waals surface area contributed by atoms with E-state index in [0.29, 0.717) is 0 Å². The number of rotatable bonds is 4. The van der Waals surface area contributed by atoms with Gasteiger partial charge in [0.1, 0.15) is 0 Å². The number of piperazine rings is 1. The Morgan fingerprint density at radius 1 is 1.27 bits per heavy atom. The third-order valence-corrected chi connectivity index (χ3v) is 5.25. The molecule has 0 bridgehead atoms. The number of benzene rings is 1. The van der Waals surface area contributed by atoms with E-state index < -0.39 is 11.4 Å². The Hall–Kier alpha value is -1.39. The van der Waals surface area contributed by atoms with Crippen molar-refractivity contribution in [2.45, 2.75) is 44.6 Å². The first-order chi connectivity index (χ1) is 10.6. The molecule has 4 nitrogen and oxygen atoms in total. The van der Waals surface area contributed by atoms with E-state index in [1.807, 2.05) is 0 Å². The van der Waals surface area contributed by atoms with E-state index in [1.54, 1.807) is 0 Å². The Balaban J connectivity index is 1.94. The molecule has 0 amide bonds. The van der Waals surface area contributed by atoms with Gasteiger partial charge in [-0.1, -0.05) is 36.6 Å². The average molecular weight is 302 g/mol. The Bertz CT molecular complexity index is 544. The zero-order chi connectivity index (χ0) is 15.6. The lowest BCUT2D eigenvalue weighted by Gasteiger charge is -2.32. The number of hydrogen-bond donors (Lipinski definition) is 2. The van der Waals surface area contributed by atoms with E-state index >= 15 is 0 Å². The van der Waals surface area contributed by atoms with Crippen LogP contribution in [0, 0.1) is 6.92 Å². The van der Waals surface area contributed by atoms with Crippen molar-refractivity contribution >= 4 is 5.97 Å². The van der Waals surface area contributed by atoms with E-state index in [9.17, 15) is 9.90 Å². The summed E-state index contributed by atoms with van der Waals surface area (Å²) in [4.78, 5) is 14.5. The minimum Gasteiger partial charge on any atom is -0.481 e. The lowest BCUT2D eigenvalue weighted by molar-refractivity contribution is -0.143. The van der Waals surface area contributed by atoms with Crippen molar-refractivity contribution in [3.05, 3.63) is 34.9 Å². The molecular weight excluding hydrogens is 276 g/mol. The van der Waals surface area contributed by atoms with Gasteiger partial charge in [0, 0.05) is 32.7 Å². The number of aryl methyl sites for hydroxylation is 1. The van der Waals surface area contributed by atoms with Gasteiger partial charge in [0.2, 0.25) is 0 Å². The normalized spacial score (nSPS) is 21.9. The number of aliphatic carboxylic acids is 1. The molecule has 0 aromatic heterocycles. The fourth-order valence-corrected chi connectivity index (χ4v) is 3.96. The zero-order valence-electron chi connectivity index (χ0n) is 13.4. The van der Waals surface area contributed by atoms with Crippen LogP contribution in [-0.4, -0.2) is 42.2 Å². The minimum atomic E-state index is -0.657. The van der Waals surface area contributed by atoms with Gasteiger partial charge in [-0.05, 0) is 30.9 Å². The molecule has 0 unspecified atom stereocenters. The van der Waals surface area contributed by atoms with Crippen molar-refractivity contribution in [1.29, 1.82) is 0 Å². The molecule has 1 aromatic rings. The van der Waals surface area contributed by atoms with Gasteiger partial charge in [-0.15, -0.1) is 0 Å². The number of nitrogens with one attached hydrogen (secondary N) is 1. The number of hydrogen-bond acceptors (Lipinski definition) is 3. The van der Waals surface area contributed by atoms with Gasteiger partial charge >= 0.3 is 5.97 Å². The van der Waals surface area contributed by atoms with Gasteiger partial charge < -0.3 is 10.4 Å². The molecule has 0 radical (unpaired) electrons. The maximum atomic E-state index is 12.1. The SMILES string of the molecule is Cc1ccc(CN2CCNCC2)c(C2(C(=O)O)CCCC2)c1. The first-order valence-electron chi connectivity index (χ1n) is 8.38. The summed E-state index contributed by atoms with van der Waals surface area (Å²) in [5, 5.41) is 13.3. The van der Waals surface area contributed by atoms with Crippen molar-refractivity contribution < 1.29 is 9.90 Å². The van der Waals surface area contributed by atoms with Crippen LogP contribution in [0.25, 0.3) is 0 Å². The highest BCUT2D eigenvalue weighted by Gasteiger charge is 2.44. The summed E-state index contributed by atoms with van der Waals surface area (Å²) in [6, 6.07) is 6.39. The van der Waals surface area contributed by atoms with Gasteiger partial charge in [-0.25, -0.2) is 0 Å². The Morgan fingerprint density at radius 2 is 1.95 bits per heavy atom. The van der Waals surface area contributed by atoms with Crippen LogP contribution in [-0.2, 0) is 16.8 Å². The van der Waals surface area contributed by atoms with Crippen LogP contribution in [0.1, 0.15) is 42.4 Å². The van der Waals surface area contributed by atoms with Gasteiger partial charge in [0.15, 0.2) is 0 Å². The molecule has 0 spiro atoms. The van der Waals surface area contributed by atoms with Crippen LogP contribution < -0.4 is 5.32 Å². The van der Waals surface area contributed by atoms with E-state index in [2.05, 4.69) is 35.3 Å². The molecule has 1 heterocycles. The van der Waals surface area contributed by atoms with Crippen LogP contribution in [0.3, 0.4) is 0 Å². The predicted molar refractivity (Wildman–Crippen MR) is 87.1 cm³/mol. The van der Waals surface area contributed by atoms with Gasteiger partial charge in [0.25, 0.3) is 0 Å². The summed E-state index contributed by atoms with van der Waals surface area (Å²) in [5.74, 6) is -0.642. The van der Waals surface area contributed by atoms with Gasteiger partial charge in [-0.3, -0.25) is 9.69 Å². The van der Waals surface area contributed by atoms with Crippen molar-refractivity contribution in [2.24, 2.45) is 0 Å². The van der Waals surface area contributed by atoms with Gasteiger partial charge in [-0.2, -0.15) is 0 Å². The van der Waals surface area contributed by atoms with Crippen LogP contribution in [0.15, 0.2) is 18.2 Å². The second kappa shape index (κ2) is 6.39. The predicted octanol–water partition coefficient (Wildman–Crippen LogP) is 2.30. The summed E-state index contributed by atoms with van der Waals surface area (Å²) < 4.78 is 0. The highest BCUT2D eigenvalue weighted by molar-refractivity contribution is 5.82. The second-order valence-corrected chi connectivity index (χ2v) is 6.78. The quantitative estimate of drug-likeness (QED) is 0.896. The minimum absolute atomic E-state index is 0.642. The fraction of sp³-hybridized carbons (Fsp3) is 0.611. The Kier molecular flexibility index (Phi) is 4.50. The summed E-state index contributed by atoms with van der Waals surface area (Å²) in [5.41, 5.74) is 2.77. The third kappa shape index (κ3) is 2.90. The molecule has 1 aromatic carbocycles. The van der Waals surface area contributed by atoms with E-state index in [-0.39, 0.29) is 0 Å². The fourth-order valence-electron chi connectivity index (χ4n) is 3.96. The smallest absolute Gasteiger partial charge is 0.314 e. The highest BCUT2D eigenvalue weighted by Crippen LogP contribution is 2.43. The van der Waals surface area contributed by atoms with Crippen molar-refractivity contribution in [3.8, 4) is 0 Å². The highest BCUT2D eigenvalue weighted by atomic mass is 16.4. The summed E-state index contributed by atoms with van der Waals surface area (Å²) in [6.45, 7) is 7.03. The molecule has 2 aliphatic rings. The maximum absolute atomic E-state index is 12.1. The largest absolute Gasteiger partial charge is 0.481 e. The molecule has 120 valence electrons. The molecule has 22 heavy (non-hydrogen) atoms. The van der Waals surface area contributed by atoms with Crippen molar-refractivity contribution in [3.63, 3.8) is 0 Å². The summed E-state index contributed by atoms with van der Waals surface area (Å²) in [6.07, 6.45) is 3.60. The van der Waals surface area contributed by atoms with E-state index in [0.717, 1.165) is 69.5 Å². The lowest BCUT2D eigenvalue weighted by Crippen LogP contribution is -2.43. The topological polar surface area (TPSA) is 52.6 Å². The number of carboxylic acid groups (broad SMARTS) is 1. The number of carboxylic acids is 1. The lowest BCUT2D eigenvalue weighted by atomic mass is 9.76. The average Bonchev–Trinajstić information content (AvgIpc) is 3.01. The standard InChI is InChI=1S/C18H26N2O2/c1-14-4-5-15(13-20-10-8-19-9-11-20)16(12-14)18(17(21)22)6-2-3-7-18/h4-5,12,19H,2-3,6-11,13H2,1H3,(H,21,22). The van der Waals surface area contributed by atoms with Gasteiger partial charge in [0.05, 0.1) is 5.41 Å². The Labute approximate surface area is 132 Å². The first-order valence-corrected chi connectivity index (χ1v) is 8.38. The maximum Gasteiger partial charge on any atom is 0.314 e. The summed E-state index contributed by atoms with van der Waals surface area (Å²) >= 11 is 0. The molecule has 1 saturated heterocycles. The van der Waals surface area contributed by atoms with E-state index in [4.69, 9.17) is 0 Å². The molecule has 2 N–H and O–H groups in total. The van der Waals surface area contributed by atoms with Crippen molar-refractivity contribution in [1.82, 2.24) is 10.2 Å². The third-order valence-electron chi connectivity index (χ3n) is 5.25. The van der Waals surface area contributed by atoms with Crippen LogP contribution in [0.4, 0.5) is 0 Å². The first kappa shape index (κ1) is 15.5. The Morgan fingerprint density at radius 3 is 2.59 bits per heavy atom. The molecule has 3 rings (SSSR count). The van der Waals surface area contributed by atoms with Crippen LogP contribution >= 0.6 is 0 Å². The van der Waals surface area contributed by atoms with Crippen molar-refractivity contribution in [2.75, 3.05) is 26.2 Å². The van der Waals surface area contributed by atoms with Crippen LogP contribution in [0.5, 0.6) is 0 Å². The molecular formula is C18H26N2O2. The van der Waals surface area contributed by atoms with Crippen LogP contribution in [0.2, 0.25) is 0 Å².